The summed E-state index contributed by atoms with van der Waals surface area (Å²) in [6, 6.07) is 22.6. The van der Waals surface area contributed by atoms with Crippen molar-refractivity contribution in [3.63, 3.8) is 0 Å². The van der Waals surface area contributed by atoms with Crippen molar-refractivity contribution in [3.05, 3.63) is 89.0 Å². The molecule has 0 aromatic heterocycles. The molecule has 0 bridgehead atoms. The van der Waals surface area contributed by atoms with Gasteiger partial charge in [0.2, 0.25) is 0 Å². The molecule has 198 valence electrons. The van der Waals surface area contributed by atoms with Gasteiger partial charge in [0.1, 0.15) is 11.5 Å². The van der Waals surface area contributed by atoms with Crippen molar-refractivity contribution >= 4 is 35.9 Å². The predicted octanol–water partition coefficient (Wildman–Crippen LogP) is 5.64. The fourth-order valence-electron chi connectivity index (χ4n) is 4.84. The van der Waals surface area contributed by atoms with Gasteiger partial charge in [-0.25, -0.2) is 0 Å². The van der Waals surface area contributed by atoms with Gasteiger partial charge >= 0.3 is 0 Å². The number of fused-ring (bicyclic) bond motifs is 1. The SMILES string of the molecule is Cl.NCc1ccc(-c2ccc3c(c2)C=C(C(=O)Nc2ccc(CNC4CCC(=O)CC4)cc2)CCO3)cc1. The van der Waals surface area contributed by atoms with Crippen LogP contribution in [0.25, 0.3) is 17.2 Å². The van der Waals surface area contributed by atoms with Crippen LogP contribution in [0, 0.1) is 0 Å². The molecule has 1 amide bonds. The van der Waals surface area contributed by atoms with E-state index in [2.05, 4.69) is 28.8 Å². The van der Waals surface area contributed by atoms with Crippen molar-refractivity contribution in [1.82, 2.24) is 5.32 Å². The number of hydrogen-bond donors (Lipinski definition) is 3. The largest absolute Gasteiger partial charge is 0.493 e. The molecule has 3 aromatic carbocycles. The minimum Gasteiger partial charge on any atom is -0.493 e. The quantitative estimate of drug-likeness (QED) is 0.367. The summed E-state index contributed by atoms with van der Waals surface area (Å²) < 4.78 is 5.93. The van der Waals surface area contributed by atoms with Crippen LogP contribution in [-0.4, -0.2) is 24.3 Å². The number of Topliss-reactive ketones (excluding diaryl/α,β-unsaturated/α-hetero) is 1. The van der Waals surface area contributed by atoms with Crippen molar-refractivity contribution in [2.45, 2.75) is 51.2 Å². The third kappa shape index (κ3) is 6.90. The summed E-state index contributed by atoms with van der Waals surface area (Å²) in [6.07, 6.45) is 5.65. The average Bonchev–Trinajstić information content (AvgIpc) is 3.16. The molecule has 1 aliphatic carbocycles. The van der Waals surface area contributed by atoms with E-state index >= 15 is 0 Å². The van der Waals surface area contributed by atoms with Crippen LogP contribution >= 0.6 is 12.4 Å². The highest BCUT2D eigenvalue weighted by Crippen LogP contribution is 2.31. The molecule has 1 aliphatic heterocycles. The van der Waals surface area contributed by atoms with Gasteiger partial charge in [-0.15, -0.1) is 12.4 Å². The molecule has 7 heteroatoms. The highest BCUT2D eigenvalue weighted by Gasteiger charge is 2.18. The number of nitrogens with one attached hydrogen (secondary N) is 2. The van der Waals surface area contributed by atoms with Gasteiger partial charge in [0.05, 0.1) is 6.61 Å². The molecule has 6 nitrogen and oxygen atoms in total. The highest BCUT2D eigenvalue weighted by molar-refractivity contribution is 6.07. The van der Waals surface area contributed by atoms with Crippen LogP contribution in [0.2, 0.25) is 0 Å². The van der Waals surface area contributed by atoms with Gasteiger partial charge in [-0.1, -0.05) is 42.5 Å². The Bertz CT molecular complexity index is 1290. The first-order valence-electron chi connectivity index (χ1n) is 13.0. The van der Waals surface area contributed by atoms with E-state index in [0.717, 1.165) is 58.6 Å². The van der Waals surface area contributed by atoms with Crippen LogP contribution in [0.5, 0.6) is 5.75 Å². The zero-order valence-electron chi connectivity index (χ0n) is 21.4. The molecule has 4 N–H and O–H groups in total. The molecule has 0 radical (unpaired) electrons. The van der Waals surface area contributed by atoms with Gasteiger partial charge in [-0.3, -0.25) is 9.59 Å². The molecule has 38 heavy (non-hydrogen) atoms. The fraction of sp³-hybridized carbons (Fsp3) is 0.290. The lowest BCUT2D eigenvalue weighted by Gasteiger charge is -2.22. The van der Waals surface area contributed by atoms with E-state index < -0.39 is 0 Å². The van der Waals surface area contributed by atoms with E-state index in [4.69, 9.17) is 10.5 Å². The van der Waals surface area contributed by atoms with Gasteiger partial charge in [-0.05, 0) is 65.4 Å². The van der Waals surface area contributed by atoms with Crippen LogP contribution in [0.15, 0.2) is 72.3 Å². The molecule has 1 fully saturated rings. The number of halogens is 1. The van der Waals surface area contributed by atoms with Gasteiger partial charge in [0.25, 0.3) is 5.91 Å². The maximum Gasteiger partial charge on any atom is 0.251 e. The van der Waals surface area contributed by atoms with E-state index in [1.165, 1.54) is 0 Å². The molecule has 1 heterocycles. The van der Waals surface area contributed by atoms with Crippen LogP contribution < -0.4 is 21.1 Å². The topological polar surface area (TPSA) is 93.5 Å². The lowest BCUT2D eigenvalue weighted by Crippen LogP contribution is -2.32. The van der Waals surface area contributed by atoms with Crippen molar-refractivity contribution in [2.75, 3.05) is 11.9 Å². The minimum atomic E-state index is -0.119. The Morgan fingerprint density at radius 1 is 0.895 bits per heavy atom. The monoisotopic (exact) mass is 531 g/mol. The average molecular weight is 532 g/mol. The fourth-order valence-corrected chi connectivity index (χ4v) is 4.84. The van der Waals surface area contributed by atoms with Crippen molar-refractivity contribution in [3.8, 4) is 16.9 Å². The lowest BCUT2D eigenvalue weighted by molar-refractivity contribution is -0.120. The first-order valence-corrected chi connectivity index (χ1v) is 13.0. The number of hydrogen-bond acceptors (Lipinski definition) is 5. The maximum atomic E-state index is 13.1. The summed E-state index contributed by atoms with van der Waals surface area (Å²) in [5.41, 5.74) is 12.5. The van der Waals surface area contributed by atoms with Crippen LogP contribution in [0.4, 0.5) is 5.69 Å². The smallest absolute Gasteiger partial charge is 0.251 e. The number of benzene rings is 3. The van der Waals surface area contributed by atoms with Gasteiger partial charge < -0.3 is 21.1 Å². The highest BCUT2D eigenvalue weighted by atomic mass is 35.5. The zero-order valence-corrected chi connectivity index (χ0v) is 22.2. The van der Waals surface area contributed by atoms with Crippen molar-refractivity contribution < 1.29 is 14.3 Å². The zero-order chi connectivity index (χ0) is 25.6. The molecule has 0 atom stereocenters. The van der Waals surface area contributed by atoms with Gasteiger partial charge in [-0.2, -0.15) is 0 Å². The van der Waals surface area contributed by atoms with E-state index in [0.29, 0.717) is 49.8 Å². The van der Waals surface area contributed by atoms with Gasteiger partial charge in [0, 0.05) is 55.2 Å². The molecule has 5 rings (SSSR count). The molecule has 1 saturated carbocycles. The van der Waals surface area contributed by atoms with E-state index in [1.54, 1.807) is 0 Å². The van der Waals surface area contributed by atoms with Crippen LogP contribution in [0.1, 0.15) is 48.8 Å². The summed E-state index contributed by atoms with van der Waals surface area (Å²) in [5, 5.41) is 6.57. The second-order valence-corrected chi connectivity index (χ2v) is 9.77. The molecular formula is C31H34ClN3O3. The first kappa shape index (κ1) is 27.6. The Labute approximate surface area is 230 Å². The van der Waals surface area contributed by atoms with Crippen LogP contribution in [-0.2, 0) is 22.7 Å². The maximum absolute atomic E-state index is 13.1. The van der Waals surface area contributed by atoms with E-state index in [-0.39, 0.29) is 18.3 Å². The summed E-state index contributed by atoms with van der Waals surface area (Å²) in [7, 11) is 0. The summed E-state index contributed by atoms with van der Waals surface area (Å²) >= 11 is 0. The second-order valence-electron chi connectivity index (χ2n) is 9.77. The minimum absolute atomic E-state index is 0. The normalized spacial score (nSPS) is 15.4. The molecule has 0 unspecified atom stereocenters. The number of carbonyl (C=O) groups is 2. The third-order valence-corrected chi connectivity index (χ3v) is 7.13. The molecule has 2 aliphatic rings. The Morgan fingerprint density at radius 3 is 2.29 bits per heavy atom. The van der Waals surface area contributed by atoms with E-state index in [1.807, 2.05) is 54.6 Å². The number of ketones is 1. The predicted molar refractivity (Wildman–Crippen MR) is 154 cm³/mol. The Balaban J connectivity index is 0.00000336. The van der Waals surface area contributed by atoms with Gasteiger partial charge in [0.15, 0.2) is 0 Å². The molecule has 3 aromatic rings. The van der Waals surface area contributed by atoms with Crippen molar-refractivity contribution in [2.24, 2.45) is 5.73 Å². The summed E-state index contributed by atoms with van der Waals surface area (Å²) in [6.45, 7) is 1.72. The molecule has 0 saturated heterocycles. The summed E-state index contributed by atoms with van der Waals surface area (Å²) in [5.74, 6) is 1.03. The first-order chi connectivity index (χ1) is 18.1. The Morgan fingerprint density at radius 2 is 1.58 bits per heavy atom. The number of anilines is 1. The molecule has 0 spiro atoms. The molecular weight excluding hydrogens is 498 g/mol. The van der Waals surface area contributed by atoms with E-state index in [9.17, 15) is 9.59 Å². The number of ether oxygens (including phenoxy) is 1. The number of rotatable bonds is 7. The third-order valence-electron chi connectivity index (χ3n) is 7.13. The van der Waals surface area contributed by atoms with Crippen LogP contribution in [0.3, 0.4) is 0 Å². The second kappa shape index (κ2) is 12.9. The Kier molecular flexibility index (Phi) is 9.34. The Hall–Kier alpha value is -3.45. The van der Waals surface area contributed by atoms with Crippen molar-refractivity contribution in [1.29, 1.82) is 0 Å². The standard InChI is InChI=1S/C31H33N3O3.ClH/c32-19-21-1-5-23(6-2-21)24-7-14-30-26(17-24)18-25(15-16-37-30)31(36)34-28-8-3-22(4-9-28)20-33-27-10-12-29(35)13-11-27;/h1-9,14,17-18,27,33H,10-13,15-16,19-20,32H2,(H,34,36);1H. The number of nitrogens with two attached hydrogens (primary N) is 1. The number of carbonyl (C=O) groups excluding carboxylic acids is 2. The number of amides is 1. The summed E-state index contributed by atoms with van der Waals surface area (Å²) in [4.78, 5) is 24.5. The lowest BCUT2D eigenvalue weighted by atomic mass is 9.94.